The highest BCUT2D eigenvalue weighted by molar-refractivity contribution is 5.84. The Morgan fingerprint density at radius 2 is 2.00 bits per heavy atom. The Balaban J connectivity index is 1.45. The van der Waals surface area contributed by atoms with Gasteiger partial charge in [0.1, 0.15) is 5.82 Å². The van der Waals surface area contributed by atoms with E-state index in [1.165, 1.54) is 12.1 Å². The summed E-state index contributed by atoms with van der Waals surface area (Å²) in [6.07, 6.45) is 9.31. The Morgan fingerprint density at radius 1 is 1.10 bits per heavy atom. The highest BCUT2D eigenvalue weighted by Crippen LogP contribution is 2.34. The Kier molecular flexibility index (Phi) is 4.78. The van der Waals surface area contributed by atoms with Crippen molar-refractivity contribution in [1.29, 1.82) is 0 Å². The molecule has 0 aliphatic heterocycles. The summed E-state index contributed by atoms with van der Waals surface area (Å²) in [6, 6.07) is 10.7. The van der Waals surface area contributed by atoms with Crippen molar-refractivity contribution in [2.75, 3.05) is 5.73 Å². The topological polar surface area (TPSA) is 82.5 Å². The van der Waals surface area contributed by atoms with Crippen LogP contribution in [0.25, 0.3) is 16.7 Å². The molecule has 1 aliphatic rings. The van der Waals surface area contributed by atoms with Crippen molar-refractivity contribution >= 4 is 11.5 Å². The average molecular weight is 412 g/mol. The first-order valence-electron chi connectivity index (χ1n) is 10.2. The predicted molar refractivity (Wildman–Crippen MR) is 118 cm³/mol. The number of aryl methyl sites for hydroxylation is 1. The number of aromatic nitrogens is 5. The van der Waals surface area contributed by atoms with Gasteiger partial charge in [0.15, 0.2) is 0 Å². The van der Waals surface area contributed by atoms with Gasteiger partial charge in [-0.05, 0) is 36.2 Å². The smallest absolute Gasteiger partial charge is 0.220 e. The number of rotatable bonds is 5. The van der Waals surface area contributed by atoms with E-state index in [9.17, 15) is 4.39 Å². The van der Waals surface area contributed by atoms with E-state index in [1.54, 1.807) is 16.9 Å². The lowest BCUT2D eigenvalue weighted by Gasteiger charge is -2.09. The zero-order chi connectivity index (χ0) is 21.4. The molecule has 0 amide bonds. The molecule has 154 valence electrons. The summed E-state index contributed by atoms with van der Waals surface area (Å²) in [4.78, 5) is 13.4. The van der Waals surface area contributed by atoms with Gasteiger partial charge in [-0.1, -0.05) is 25.1 Å². The highest BCUT2D eigenvalue weighted by Gasteiger charge is 2.20. The zero-order valence-corrected chi connectivity index (χ0v) is 17.1. The molecule has 0 saturated heterocycles. The second-order valence-electron chi connectivity index (χ2n) is 7.55. The fourth-order valence-electron chi connectivity index (χ4n) is 3.86. The van der Waals surface area contributed by atoms with E-state index in [0.717, 1.165) is 57.8 Å². The number of pyridine rings is 1. The van der Waals surface area contributed by atoms with Crippen LogP contribution in [0.2, 0.25) is 0 Å². The molecule has 5 rings (SSSR count). The molecule has 0 saturated carbocycles. The maximum atomic E-state index is 13.5. The van der Waals surface area contributed by atoms with Gasteiger partial charge in [-0.15, -0.1) is 0 Å². The fraction of sp³-hybridized carbons (Fsp3) is 0.167. The quantitative estimate of drug-likeness (QED) is 0.535. The normalized spacial score (nSPS) is 12.6. The number of anilines is 1. The maximum Gasteiger partial charge on any atom is 0.220 e. The van der Waals surface area contributed by atoms with Gasteiger partial charge in [-0.3, -0.25) is 9.67 Å². The second-order valence-corrected chi connectivity index (χ2v) is 7.55. The summed E-state index contributed by atoms with van der Waals surface area (Å²) in [7, 11) is 0. The Hall–Kier alpha value is -3.87. The van der Waals surface area contributed by atoms with Crippen LogP contribution < -0.4 is 5.73 Å². The summed E-state index contributed by atoms with van der Waals surface area (Å²) in [5, 5.41) is 4.44. The lowest BCUT2D eigenvalue weighted by molar-refractivity contribution is 0.619. The van der Waals surface area contributed by atoms with E-state index in [-0.39, 0.29) is 11.8 Å². The summed E-state index contributed by atoms with van der Waals surface area (Å²) >= 11 is 0. The summed E-state index contributed by atoms with van der Waals surface area (Å²) in [6.45, 7) is 2.55. The molecule has 4 aromatic rings. The summed E-state index contributed by atoms with van der Waals surface area (Å²) in [5.41, 5.74) is 13.5. The van der Waals surface area contributed by atoms with Crippen LogP contribution in [-0.4, -0.2) is 24.7 Å². The number of hydrogen-bond acceptors (Lipinski definition) is 5. The summed E-state index contributed by atoms with van der Waals surface area (Å²) < 4.78 is 15.3. The maximum absolute atomic E-state index is 13.5. The molecule has 7 heteroatoms. The number of fused-ring (bicyclic) bond motifs is 1. The zero-order valence-electron chi connectivity index (χ0n) is 17.1. The van der Waals surface area contributed by atoms with Crippen LogP contribution in [0.15, 0.2) is 61.1 Å². The van der Waals surface area contributed by atoms with Crippen LogP contribution in [0.4, 0.5) is 10.3 Å². The predicted octanol–water partition coefficient (Wildman–Crippen LogP) is 4.05. The second kappa shape index (κ2) is 7.75. The van der Waals surface area contributed by atoms with Gasteiger partial charge in [0.25, 0.3) is 0 Å². The van der Waals surface area contributed by atoms with Crippen molar-refractivity contribution in [2.24, 2.45) is 0 Å². The van der Waals surface area contributed by atoms with Crippen LogP contribution in [0.5, 0.6) is 0 Å². The van der Waals surface area contributed by atoms with Gasteiger partial charge in [-0.2, -0.15) is 5.10 Å². The molecule has 0 spiro atoms. The van der Waals surface area contributed by atoms with Crippen molar-refractivity contribution in [2.45, 2.75) is 26.3 Å². The minimum absolute atomic E-state index is 0.247. The van der Waals surface area contributed by atoms with Crippen molar-refractivity contribution in [3.63, 3.8) is 0 Å². The van der Waals surface area contributed by atoms with E-state index in [4.69, 9.17) is 5.73 Å². The lowest BCUT2D eigenvalue weighted by Crippen LogP contribution is -2.02. The molecule has 3 heterocycles. The number of halogens is 1. The Labute approximate surface area is 179 Å². The molecule has 0 fully saturated rings. The van der Waals surface area contributed by atoms with Gasteiger partial charge >= 0.3 is 0 Å². The number of hydrogen-bond donors (Lipinski definition) is 1. The monoisotopic (exact) mass is 412 g/mol. The molecule has 31 heavy (non-hydrogen) atoms. The highest BCUT2D eigenvalue weighted by atomic mass is 19.1. The van der Waals surface area contributed by atoms with Gasteiger partial charge in [-0.25, -0.2) is 14.4 Å². The van der Waals surface area contributed by atoms with Gasteiger partial charge < -0.3 is 5.73 Å². The number of benzene rings is 1. The minimum atomic E-state index is -0.247. The molecule has 1 aliphatic carbocycles. The number of nitrogen functional groups attached to an aromatic ring is 1. The molecule has 3 aromatic heterocycles. The first-order valence-corrected chi connectivity index (χ1v) is 10.2. The van der Waals surface area contributed by atoms with Gasteiger partial charge in [0, 0.05) is 46.8 Å². The largest absolute Gasteiger partial charge is 0.368 e. The van der Waals surface area contributed by atoms with Crippen molar-refractivity contribution in [1.82, 2.24) is 24.7 Å². The summed E-state index contributed by atoms with van der Waals surface area (Å²) in [5.74, 6) is 0.0371. The molecule has 0 atom stereocenters. The first-order chi connectivity index (χ1) is 15.1. The standard InChI is InChI=1S/C24H21FN6/c1-2-19-10-23(30-24(26)29-19)20-6-7-22-21(20)9-16(11-27-22)17-12-28-31(14-17)13-15-4-3-5-18(25)8-15/h3-6,8-12,14H,2,7,13H2,1H3,(H2,26,29,30). The average Bonchev–Trinajstić information content (AvgIpc) is 3.40. The van der Waals surface area contributed by atoms with E-state index in [1.807, 2.05) is 31.5 Å². The third kappa shape index (κ3) is 3.82. The van der Waals surface area contributed by atoms with E-state index < -0.39 is 0 Å². The van der Waals surface area contributed by atoms with Crippen LogP contribution >= 0.6 is 0 Å². The minimum Gasteiger partial charge on any atom is -0.368 e. The van der Waals surface area contributed by atoms with Gasteiger partial charge in [0.05, 0.1) is 24.1 Å². The number of nitrogens with zero attached hydrogens (tertiary/aromatic N) is 5. The third-order valence-corrected chi connectivity index (χ3v) is 5.39. The van der Waals surface area contributed by atoms with Crippen molar-refractivity contribution in [3.8, 4) is 11.1 Å². The SMILES string of the molecule is CCc1cc(C2=CCc3ncc(-c4cnn(Cc5cccc(F)c5)c4)cc32)nc(N)n1. The molecular weight excluding hydrogens is 391 g/mol. The van der Waals surface area contributed by atoms with Crippen LogP contribution in [0.1, 0.15) is 35.1 Å². The van der Waals surface area contributed by atoms with Crippen LogP contribution in [0, 0.1) is 5.82 Å². The molecule has 0 radical (unpaired) electrons. The number of allylic oxidation sites excluding steroid dienone is 1. The molecule has 2 N–H and O–H groups in total. The molecule has 6 nitrogen and oxygen atoms in total. The third-order valence-electron chi connectivity index (χ3n) is 5.39. The van der Waals surface area contributed by atoms with Crippen molar-refractivity contribution < 1.29 is 4.39 Å². The molecule has 0 bridgehead atoms. The van der Waals surface area contributed by atoms with Gasteiger partial charge in [0.2, 0.25) is 5.95 Å². The molecular formula is C24H21FN6. The van der Waals surface area contributed by atoms with Crippen LogP contribution in [0.3, 0.4) is 0 Å². The van der Waals surface area contributed by atoms with E-state index in [0.29, 0.717) is 6.54 Å². The van der Waals surface area contributed by atoms with E-state index >= 15 is 0 Å². The first kappa shape index (κ1) is 19.1. The Morgan fingerprint density at radius 3 is 2.84 bits per heavy atom. The number of nitrogens with two attached hydrogens (primary N) is 1. The lowest BCUT2D eigenvalue weighted by atomic mass is 10.0. The van der Waals surface area contributed by atoms with E-state index in [2.05, 4.69) is 32.2 Å². The molecule has 1 aromatic carbocycles. The van der Waals surface area contributed by atoms with Crippen molar-refractivity contribution in [3.05, 3.63) is 95.1 Å². The Bertz CT molecular complexity index is 1310. The van der Waals surface area contributed by atoms with Crippen LogP contribution in [-0.2, 0) is 19.4 Å². The fourth-order valence-corrected chi connectivity index (χ4v) is 3.86. The molecule has 0 unspecified atom stereocenters.